The predicted molar refractivity (Wildman–Crippen MR) is 110 cm³/mol. The van der Waals surface area contributed by atoms with E-state index in [4.69, 9.17) is 18.6 Å². The first kappa shape index (κ1) is 20.4. The van der Waals surface area contributed by atoms with Crippen molar-refractivity contribution in [3.8, 4) is 22.6 Å². The van der Waals surface area contributed by atoms with E-state index in [1.54, 1.807) is 32.9 Å². The molecule has 30 heavy (non-hydrogen) atoms. The quantitative estimate of drug-likeness (QED) is 0.651. The van der Waals surface area contributed by atoms with Crippen molar-refractivity contribution in [3.05, 3.63) is 57.7 Å². The van der Waals surface area contributed by atoms with Gasteiger partial charge in [-0.3, -0.25) is 4.79 Å². The molecule has 0 radical (unpaired) electrons. The van der Waals surface area contributed by atoms with Crippen molar-refractivity contribution in [1.82, 2.24) is 0 Å². The van der Waals surface area contributed by atoms with E-state index in [2.05, 4.69) is 0 Å². The third-order valence-electron chi connectivity index (χ3n) is 5.45. The fourth-order valence-corrected chi connectivity index (χ4v) is 3.61. The van der Waals surface area contributed by atoms with Crippen LogP contribution in [0.2, 0.25) is 0 Å². The molecule has 0 fully saturated rings. The second-order valence-corrected chi connectivity index (χ2v) is 7.97. The molecule has 0 bridgehead atoms. The maximum absolute atomic E-state index is 13.7. The minimum Gasteiger partial charge on any atom is -0.484 e. The van der Waals surface area contributed by atoms with Crippen LogP contribution in [0.4, 0.5) is 4.39 Å². The van der Waals surface area contributed by atoms with E-state index in [1.165, 1.54) is 25.5 Å². The topological polar surface area (TPSA) is 78.1 Å². The molecule has 2 aromatic carbocycles. The fraction of sp³-hybridized carbons (Fsp3) is 0.348. The van der Waals surface area contributed by atoms with Crippen molar-refractivity contribution >= 4 is 11.0 Å². The lowest BCUT2D eigenvalue weighted by Gasteiger charge is -2.37. The van der Waals surface area contributed by atoms with E-state index in [-0.39, 0.29) is 29.8 Å². The highest BCUT2D eigenvalue weighted by atomic mass is 19.1. The molecule has 0 spiro atoms. The van der Waals surface area contributed by atoms with Gasteiger partial charge in [-0.15, -0.1) is 0 Å². The van der Waals surface area contributed by atoms with Gasteiger partial charge in [0.25, 0.3) is 0 Å². The smallest absolute Gasteiger partial charge is 0.204 e. The number of hydrogen-bond acceptors (Lipinski definition) is 6. The lowest BCUT2D eigenvalue weighted by atomic mass is 9.89. The molecule has 2 heterocycles. The fourth-order valence-electron chi connectivity index (χ4n) is 3.61. The van der Waals surface area contributed by atoms with Gasteiger partial charge in [0.1, 0.15) is 40.1 Å². The number of fused-ring (bicyclic) bond motifs is 3. The molecule has 1 aliphatic heterocycles. The van der Waals surface area contributed by atoms with Crippen LogP contribution >= 0.6 is 0 Å². The van der Waals surface area contributed by atoms with E-state index in [1.807, 2.05) is 0 Å². The van der Waals surface area contributed by atoms with Gasteiger partial charge >= 0.3 is 0 Å². The highest BCUT2D eigenvalue weighted by Crippen LogP contribution is 2.43. The van der Waals surface area contributed by atoms with Crippen molar-refractivity contribution in [2.45, 2.75) is 38.9 Å². The van der Waals surface area contributed by atoms with E-state index in [0.29, 0.717) is 39.3 Å². The number of aliphatic hydroxyl groups is 1. The Balaban J connectivity index is 1.98. The lowest BCUT2D eigenvalue weighted by molar-refractivity contribution is -0.0415. The lowest BCUT2D eigenvalue weighted by Crippen LogP contribution is -2.46. The number of rotatable bonds is 4. The van der Waals surface area contributed by atoms with E-state index in [0.717, 1.165) is 0 Å². The molecule has 158 valence electrons. The molecule has 0 saturated heterocycles. The molecule has 1 aliphatic rings. The molecular weight excluding hydrogens is 391 g/mol. The SMILES string of the molecule is COCOc1cc2occ(-c3ccc(F)c(C)c3)c(=O)c2c2c1CC(O)C(C)(C)O2. The van der Waals surface area contributed by atoms with Crippen LogP contribution in [0.1, 0.15) is 25.0 Å². The van der Waals surface area contributed by atoms with Crippen molar-refractivity contribution in [3.63, 3.8) is 0 Å². The summed E-state index contributed by atoms with van der Waals surface area (Å²) >= 11 is 0. The molecule has 1 aromatic heterocycles. The van der Waals surface area contributed by atoms with Crippen LogP contribution in [0.15, 0.2) is 39.7 Å². The Hall–Kier alpha value is -2.90. The highest BCUT2D eigenvalue weighted by molar-refractivity contribution is 5.90. The molecule has 6 nitrogen and oxygen atoms in total. The van der Waals surface area contributed by atoms with Gasteiger partial charge in [0, 0.05) is 25.2 Å². The summed E-state index contributed by atoms with van der Waals surface area (Å²) in [6.07, 6.45) is 0.811. The van der Waals surface area contributed by atoms with Gasteiger partial charge in [0.15, 0.2) is 6.79 Å². The number of halogens is 1. The van der Waals surface area contributed by atoms with Gasteiger partial charge < -0.3 is 23.7 Å². The van der Waals surface area contributed by atoms with Crippen molar-refractivity contribution in [2.24, 2.45) is 0 Å². The van der Waals surface area contributed by atoms with Crippen LogP contribution in [0, 0.1) is 12.7 Å². The summed E-state index contributed by atoms with van der Waals surface area (Å²) in [5, 5.41) is 10.8. The Kier molecular flexibility index (Phi) is 5.03. The van der Waals surface area contributed by atoms with Crippen LogP contribution in [0.5, 0.6) is 11.5 Å². The summed E-state index contributed by atoms with van der Waals surface area (Å²) in [5.41, 5.74) is 0.931. The van der Waals surface area contributed by atoms with Crippen molar-refractivity contribution < 1.29 is 28.1 Å². The summed E-state index contributed by atoms with van der Waals surface area (Å²) in [6, 6.07) is 6.06. The largest absolute Gasteiger partial charge is 0.484 e. The summed E-state index contributed by atoms with van der Waals surface area (Å²) in [6.45, 7) is 5.14. The standard InChI is InChI=1S/C23H23FO6/c1-12-7-13(5-6-16(12)24)15-10-28-18-9-17(29-11-27-4)14-8-19(25)23(2,3)30-22(14)20(18)21(15)26/h5-7,9-10,19,25H,8,11H2,1-4H3. The average Bonchev–Trinajstić information content (AvgIpc) is 2.69. The number of methoxy groups -OCH3 is 1. The Bertz CT molecular complexity index is 1180. The third-order valence-corrected chi connectivity index (χ3v) is 5.45. The molecule has 1 N–H and O–H groups in total. The average molecular weight is 414 g/mol. The van der Waals surface area contributed by atoms with Gasteiger partial charge in [-0.2, -0.15) is 0 Å². The monoisotopic (exact) mass is 414 g/mol. The molecule has 7 heteroatoms. The first-order valence-electron chi connectivity index (χ1n) is 9.59. The Morgan fingerprint density at radius 2 is 2.07 bits per heavy atom. The number of benzene rings is 2. The number of aliphatic hydroxyl groups excluding tert-OH is 1. The minimum atomic E-state index is -0.908. The zero-order valence-electron chi connectivity index (χ0n) is 17.2. The zero-order chi connectivity index (χ0) is 21.6. The highest BCUT2D eigenvalue weighted by Gasteiger charge is 2.39. The van der Waals surface area contributed by atoms with E-state index in [9.17, 15) is 14.3 Å². The molecule has 3 aromatic rings. The molecule has 1 unspecified atom stereocenters. The third kappa shape index (κ3) is 3.34. The maximum atomic E-state index is 13.7. The summed E-state index contributed by atoms with van der Waals surface area (Å²) in [5.74, 6) is 0.395. The molecule has 0 amide bonds. The minimum absolute atomic E-state index is 0.00535. The Morgan fingerprint density at radius 3 is 2.77 bits per heavy atom. The second kappa shape index (κ2) is 7.41. The van der Waals surface area contributed by atoms with Crippen LogP contribution in [0.3, 0.4) is 0 Å². The normalized spacial score (nSPS) is 17.5. The van der Waals surface area contributed by atoms with Gasteiger partial charge in [-0.1, -0.05) is 6.07 Å². The second-order valence-electron chi connectivity index (χ2n) is 7.97. The first-order chi connectivity index (χ1) is 14.2. The molecular formula is C23H23FO6. The Morgan fingerprint density at radius 1 is 1.30 bits per heavy atom. The van der Waals surface area contributed by atoms with Crippen LogP contribution in [-0.2, 0) is 11.2 Å². The summed E-state index contributed by atoms with van der Waals surface area (Å²) in [4.78, 5) is 13.5. The van der Waals surface area contributed by atoms with Gasteiger partial charge in [-0.25, -0.2) is 4.39 Å². The summed E-state index contributed by atoms with van der Waals surface area (Å²) in [7, 11) is 1.50. The number of aryl methyl sites for hydroxylation is 1. The van der Waals surface area contributed by atoms with Crippen molar-refractivity contribution in [2.75, 3.05) is 13.9 Å². The number of ether oxygens (including phenoxy) is 3. The van der Waals surface area contributed by atoms with E-state index < -0.39 is 11.7 Å². The molecule has 4 rings (SSSR count). The Labute approximate surface area is 172 Å². The maximum Gasteiger partial charge on any atom is 0.204 e. The van der Waals surface area contributed by atoms with Gasteiger partial charge in [-0.05, 0) is 44.0 Å². The van der Waals surface area contributed by atoms with E-state index >= 15 is 0 Å². The van der Waals surface area contributed by atoms with Crippen LogP contribution in [0.25, 0.3) is 22.1 Å². The van der Waals surface area contributed by atoms with Gasteiger partial charge in [0.2, 0.25) is 5.43 Å². The zero-order valence-corrected chi connectivity index (χ0v) is 17.2. The van der Waals surface area contributed by atoms with Crippen LogP contribution < -0.4 is 14.9 Å². The summed E-state index contributed by atoms with van der Waals surface area (Å²) < 4.78 is 36.2. The molecule has 1 atom stereocenters. The van der Waals surface area contributed by atoms with Gasteiger partial charge in [0.05, 0.1) is 11.7 Å². The molecule has 0 aliphatic carbocycles. The van der Waals surface area contributed by atoms with Crippen LogP contribution in [-0.4, -0.2) is 30.7 Å². The number of hydrogen-bond donors (Lipinski definition) is 1. The first-order valence-corrected chi connectivity index (χ1v) is 9.59. The van der Waals surface area contributed by atoms with Crippen molar-refractivity contribution in [1.29, 1.82) is 0 Å². The molecule has 0 saturated carbocycles. The predicted octanol–water partition coefficient (Wildman–Crippen LogP) is 3.96.